The largest absolute Gasteiger partial charge is 0.493 e. The molecule has 2 N–H and O–H groups in total. The average Bonchev–Trinajstić information content (AvgIpc) is 2.65. The molecule has 1 saturated carbocycles. The molecule has 1 aromatic carbocycles. The normalized spacial score (nSPS) is 13.4. The van der Waals surface area contributed by atoms with Crippen LogP contribution >= 0.6 is 0 Å². The number of nitrogens with one attached hydrogen (secondary N) is 2. The molecule has 1 aliphatic rings. The Balaban J connectivity index is 1.87. The van der Waals surface area contributed by atoms with Gasteiger partial charge in [0.15, 0.2) is 11.5 Å². The van der Waals surface area contributed by atoms with E-state index in [2.05, 4.69) is 15.6 Å². The average molecular weight is 383 g/mol. The number of hydrogen-bond acceptors (Lipinski definition) is 5. The van der Waals surface area contributed by atoms with E-state index in [-0.39, 0.29) is 17.7 Å². The topological polar surface area (TPSA) is 89.6 Å². The Kier molecular flexibility index (Phi) is 6.13. The number of benzene rings is 1. The van der Waals surface area contributed by atoms with Gasteiger partial charge in [0, 0.05) is 17.2 Å². The van der Waals surface area contributed by atoms with Gasteiger partial charge in [0.25, 0.3) is 5.91 Å². The zero-order valence-electron chi connectivity index (χ0n) is 16.4. The molecule has 0 unspecified atom stereocenters. The van der Waals surface area contributed by atoms with Crippen LogP contribution in [0.4, 0.5) is 11.5 Å². The number of nitrogens with zero attached hydrogens (tertiary/aromatic N) is 1. The summed E-state index contributed by atoms with van der Waals surface area (Å²) in [5, 5.41) is 5.66. The van der Waals surface area contributed by atoms with Gasteiger partial charge in [0.05, 0.1) is 19.9 Å². The van der Waals surface area contributed by atoms with Crippen LogP contribution in [0.5, 0.6) is 11.5 Å². The highest BCUT2D eigenvalue weighted by molar-refractivity contribution is 6.06. The van der Waals surface area contributed by atoms with Gasteiger partial charge in [-0.1, -0.05) is 19.4 Å². The summed E-state index contributed by atoms with van der Waals surface area (Å²) in [6.07, 6.45) is 3.60. The highest BCUT2D eigenvalue weighted by Gasteiger charge is 2.27. The maximum Gasteiger partial charge on any atom is 0.257 e. The minimum absolute atomic E-state index is 0.00849. The maximum absolute atomic E-state index is 12.8. The Morgan fingerprint density at radius 3 is 2.54 bits per heavy atom. The smallest absolute Gasteiger partial charge is 0.257 e. The summed E-state index contributed by atoms with van der Waals surface area (Å²) in [5.74, 6) is 0.822. The minimum Gasteiger partial charge on any atom is -0.493 e. The van der Waals surface area contributed by atoms with Gasteiger partial charge in [-0.05, 0) is 43.5 Å². The summed E-state index contributed by atoms with van der Waals surface area (Å²) in [6.45, 7) is 2.00. The standard InChI is InChI=1S/C21H25N3O4/c1-4-15-9-6-10-18(22-15)24-21(26)14-11-16(19(28-3)17(12-14)27-2)23-20(25)13-7-5-8-13/h6,9-13H,4-5,7-8H2,1-3H3,(H,23,25)(H,22,24,26). The molecule has 7 nitrogen and oxygen atoms in total. The third kappa shape index (κ3) is 4.24. The third-order valence-electron chi connectivity index (χ3n) is 4.89. The van der Waals surface area contributed by atoms with E-state index < -0.39 is 0 Å². The van der Waals surface area contributed by atoms with Gasteiger partial charge in [-0.3, -0.25) is 9.59 Å². The summed E-state index contributed by atoms with van der Waals surface area (Å²) >= 11 is 0. The van der Waals surface area contributed by atoms with Gasteiger partial charge in [-0.15, -0.1) is 0 Å². The number of aryl methyl sites for hydroxylation is 1. The molecule has 0 aliphatic heterocycles. The lowest BCUT2D eigenvalue weighted by Gasteiger charge is -2.25. The number of anilines is 2. The Morgan fingerprint density at radius 1 is 1.14 bits per heavy atom. The molecule has 0 bridgehead atoms. The van der Waals surface area contributed by atoms with E-state index in [0.717, 1.165) is 31.4 Å². The van der Waals surface area contributed by atoms with Crippen molar-refractivity contribution in [3.05, 3.63) is 41.6 Å². The van der Waals surface area contributed by atoms with E-state index in [1.807, 2.05) is 19.1 Å². The number of amides is 2. The second kappa shape index (κ2) is 8.73. The lowest BCUT2D eigenvalue weighted by atomic mass is 9.85. The second-order valence-electron chi connectivity index (χ2n) is 6.70. The van der Waals surface area contributed by atoms with Crippen LogP contribution in [0.3, 0.4) is 0 Å². The highest BCUT2D eigenvalue weighted by Crippen LogP contribution is 2.38. The second-order valence-corrected chi connectivity index (χ2v) is 6.70. The van der Waals surface area contributed by atoms with Crippen LogP contribution in [-0.2, 0) is 11.2 Å². The van der Waals surface area contributed by atoms with Crippen LogP contribution < -0.4 is 20.1 Å². The fourth-order valence-electron chi connectivity index (χ4n) is 3.03. The number of carbonyl (C=O) groups is 2. The van der Waals surface area contributed by atoms with Gasteiger partial charge >= 0.3 is 0 Å². The molecule has 0 radical (unpaired) electrons. The van der Waals surface area contributed by atoms with Crippen molar-refractivity contribution in [1.29, 1.82) is 0 Å². The van der Waals surface area contributed by atoms with Gasteiger partial charge in [-0.25, -0.2) is 4.98 Å². The Labute approximate surface area is 164 Å². The van der Waals surface area contributed by atoms with Crippen LogP contribution in [0.25, 0.3) is 0 Å². The SMILES string of the molecule is CCc1cccc(NC(=O)c2cc(NC(=O)C3CCC3)c(OC)c(OC)c2)n1. The summed E-state index contributed by atoms with van der Waals surface area (Å²) in [6, 6.07) is 8.66. The first-order valence-electron chi connectivity index (χ1n) is 9.39. The number of carbonyl (C=O) groups excluding carboxylic acids is 2. The molecule has 2 aromatic rings. The molecule has 1 aromatic heterocycles. The molecular formula is C21H25N3O4. The first kappa shape index (κ1) is 19.7. The molecule has 0 atom stereocenters. The van der Waals surface area contributed by atoms with E-state index >= 15 is 0 Å². The van der Waals surface area contributed by atoms with Crippen LogP contribution in [0, 0.1) is 5.92 Å². The first-order chi connectivity index (χ1) is 13.5. The molecule has 1 heterocycles. The zero-order valence-corrected chi connectivity index (χ0v) is 16.4. The first-order valence-corrected chi connectivity index (χ1v) is 9.39. The van der Waals surface area contributed by atoms with Crippen molar-refractivity contribution in [2.75, 3.05) is 24.9 Å². The fraction of sp³-hybridized carbons (Fsp3) is 0.381. The quantitative estimate of drug-likeness (QED) is 0.762. The third-order valence-corrected chi connectivity index (χ3v) is 4.89. The Bertz CT molecular complexity index is 878. The van der Waals surface area contributed by atoms with Gasteiger partial charge in [0.1, 0.15) is 5.82 Å². The Hall–Kier alpha value is -3.09. The lowest BCUT2D eigenvalue weighted by molar-refractivity contribution is -0.122. The van der Waals surface area contributed by atoms with E-state index in [1.165, 1.54) is 14.2 Å². The van der Waals surface area contributed by atoms with Crippen molar-refractivity contribution in [3.8, 4) is 11.5 Å². The number of methoxy groups -OCH3 is 2. The van der Waals surface area contributed by atoms with Crippen LogP contribution in [0.1, 0.15) is 42.2 Å². The van der Waals surface area contributed by atoms with Gasteiger partial charge in [0.2, 0.25) is 5.91 Å². The van der Waals surface area contributed by atoms with Crippen LogP contribution in [-0.4, -0.2) is 31.0 Å². The molecule has 7 heteroatoms. The summed E-state index contributed by atoms with van der Waals surface area (Å²) < 4.78 is 10.8. The monoisotopic (exact) mass is 383 g/mol. The lowest BCUT2D eigenvalue weighted by Crippen LogP contribution is -2.28. The molecule has 0 saturated heterocycles. The van der Waals surface area contributed by atoms with Crippen LogP contribution in [0.15, 0.2) is 30.3 Å². The molecule has 0 spiro atoms. The molecule has 2 amide bonds. The summed E-state index contributed by atoms with van der Waals surface area (Å²) in [4.78, 5) is 29.5. The summed E-state index contributed by atoms with van der Waals surface area (Å²) in [5.41, 5.74) is 1.64. The molecule has 28 heavy (non-hydrogen) atoms. The van der Waals surface area contributed by atoms with Crippen molar-refractivity contribution >= 4 is 23.3 Å². The predicted octanol–water partition coefficient (Wildman–Crippen LogP) is 3.65. The molecule has 1 fully saturated rings. The summed E-state index contributed by atoms with van der Waals surface area (Å²) in [7, 11) is 2.99. The van der Waals surface area contributed by atoms with Crippen molar-refractivity contribution in [1.82, 2.24) is 4.98 Å². The van der Waals surface area contributed by atoms with Crippen LogP contribution in [0.2, 0.25) is 0 Å². The maximum atomic E-state index is 12.8. The predicted molar refractivity (Wildman–Crippen MR) is 107 cm³/mol. The number of aromatic nitrogens is 1. The zero-order chi connectivity index (χ0) is 20.1. The molecule has 148 valence electrons. The van der Waals surface area contributed by atoms with E-state index in [9.17, 15) is 9.59 Å². The highest BCUT2D eigenvalue weighted by atomic mass is 16.5. The number of ether oxygens (including phenoxy) is 2. The fourth-order valence-corrected chi connectivity index (χ4v) is 3.03. The number of pyridine rings is 1. The molecule has 1 aliphatic carbocycles. The van der Waals surface area contributed by atoms with E-state index in [1.54, 1.807) is 18.2 Å². The van der Waals surface area contributed by atoms with Crippen molar-refractivity contribution in [2.24, 2.45) is 5.92 Å². The van der Waals surface area contributed by atoms with Gasteiger partial charge < -0.3 is 20.1 Å². The van der Waals surface area contributed by atoms with Crippen molar-refractivity contribution in [3.63, 3.8) is 0 Å². The van der Waals surface area contributed by atoms with E-state index in [0.29, 0.717) is 28.6 Å². The van der Waals surface area contributed by atoms with Crippen molar-refractivity contribution < 1.29 is 19.1 Å². The number of rotatable bonds is 7. The van der Waals surface area contributed by atoms with Gasteiger partial charge in [-0.2, -0.15) is 0 Å². The Morgan fingerprint density at radius 2 is 1.93 bits per heavy atom. The molecular weight excluding hydrogens is 358 g/mol. The minimum atomic E-state index is -0.346. The number of hydrogen-bond donors (Lipinski definition) is 2. The van der Waals surface area contributed by atoms with Crippen molar-refractivity contribution in [2.45, 2.75) is 32.6 Å². The van der Waals surface area contributed by atoms with E-state index in [4.69, 9.17) is 9.47 Å². The molecule has 3 rings (SSSR count).